The fourth-order valence-electron chi connectivity index (χ4n) is 4.31. The second kappa shape index (κ2) is 8.97. The smallest absolute Gasteiger partial charge is 0.304 e. The summed E-state index contributed by atoms with van der Waals surface area (Å²) >= 11 is 6.10. The summed E-state index contributed by atoms with van der Waals surface area (Å²) in [5.74, 6) is -0.819. The molecule has 3 rings (SSSR count). The van der Waals surface area contributed by atoms with Gasteiger partial charge in [-0.2, -0.15) is 5.10 Å². The summed E-state index contributed by atoms with van der Waals surface area (Å²) < 4.78 is 0. The fraction of sp³-hybridized carbons (Fsp3) is 0.391. The van der Waals surface area contributed by atoms with E-state index < -0.39 is 11.4 Å². The second-order valence-corrected chi connectivity index (χ2v) is 7.91. The highest BCUT2D eigenvalue weighted by molar-refractivity contribution is 6.30. The van der Waals surface area contributed by atoms with Crippen molar-refractivity contribution in [2.45, 2.75) is 33.2 Å². The van der Waals surface area contributed by atoms with E-state index in [0.29, 0.717) is 11.6 Å². The average molecular weight is 414 g/mol. The first-order valence-corrected chi connectivity index (χ1v) is 10.4. The van der Waals surface area contributed by atoms with Gasteiger partial charge in [0.25, 0.3) is 0 Å². The van der Waals surface area contributed by atoms with Crippen LogP contribution in [0.3, 0.4) is 0 Å². The molecule has 154 valence electrons. The Morgan fingerprint density at radius 2 is 1.79 bits per heavy atom. The number of aliphatic carboxylic acids is 1. The van der Waals surface area contributed by atoms with Crippen LogP contribution in [-0.2, 0) is 4.79 Å². The number of carboxylic acids is 1. The summed E-state index contributed by atoms with van der Waals surface area (Å²) in [7, 11) is 0. The molecule has 0 aliphatic carbocycles. The Bertz CT molecular complexity index is 865. The molecule has 29 heavy (non-hydrogen) atoms. The van der Waals surface area contributed by atoms with E-state index in [9.17, 15) is 9.90 Å². The number of hydrogen-bond acceptors (Lipinski definition) is 4. The SMILES string of the molecule is CCN(CC)C(C)C1(CC(=O)O)CN(c2ccccc2)N=C1c1ccc(Cl)cc1. The lowest BCUT2D eigenvalue weighted by molar-refractivity contribution is -0.139. The third-order valence-corrected chi connectivity index (χ3v) is 6.17. The van der Waals surface area contributed by atoms with Crippen molar-refractivity contribution >= 4 is 29.0 Å². The Labute approximate surface area is 177 Å². The molecule has 5 nitrogen and oxygen atoms in total. The van der Waals surface area contributed by atoms with Crippen molar-refractivity contribution < 1.29 is 9.90 Å². The van der Waals surface area contributed by atoms with Crippen LogP contribution in [0.4, 0.5) is 5.69 Å². The first-order chi connectivity index (χ1) is 13.9. The highest BCUT2D eigenvalue weighted by Gasteiger charge is 2.50. The number of anilines is 1. The van der Waals surface area contributed by atoms with Crippen LogP contribution < -0.4 is 5.01 Å². The van der Waals surface area contributed by atoms with Crippen molar-refractivity contribution in [3.8, 4) is 0 Å². The first kappa shape index (κ1) is 21.3. The average Bonchev–Trinajstić information content (AvgIpc) is 3.10. The molecule has 1 heterocycles. The summed E-state index contributed by atoms with van der Waals surface area (Å²) in [5, 5.41) is 17.4. The van der Waals surface area contributed by atoms with E-state index in [-0.39, 0.29) is 12.5 Å². The molecule has 0 spiro atoms. The summed E-state index contributed by atoms with van der Waals surface area (Å²) in [5.41, 5.74) is 2.02. The molecule has 0 fully saturated rings. The molecule has 2 atom stereocenters. The number of halogens is 1. The molecule has 2 unspecified atom stereocenters. The molecule has 6 heteroatoms. The maximum absolute atomic E-state index is 12.0. The highest BCUT2D eigenvalue weighted by Crippen LogP contribution is 2.42. The Hall–Kier alpha value is -2.37. The zero-order chi connectivity index (χ0) is 21.0. The number of carboxylic acid groups (broad SMARTS) is 1. The van der Waals surface area contributed by atoms with Crippen LogP contribution in [0, 0.1) is 5.41 Å². The van der Waals surface area contributed by atoms with Crippen LogP contribution in [0.1, 0.15) is 32.8 Å². The van der Waals surface area contributed by atoms with Crippen molar-refractivity contribution in [1.29, 1.82) is 0 Å². The van der Waals surface area contributed by atoms with Gasteiger partial charge in [0, 0.05) is 11.1 Å². The number of benzene rings is 2. The summed E-state index contributed by atoms with van der Waals surface area (Å²) in [6, 6.07) is 17.4. The molecule has 0 bridgehead atoms. The molecular formula is C23H28ClN3O2. The van der Waals surface area contributed by atoms with Crippen LogP contribution in [0.25, 0.3) is 0 Å². The standard InChI is InChI=1S/C23H28ClN3O2/c1-4-26(5-2)17(3)23(15-21(28)29)16-27(20-9-7-6-8-10-20)25-22(23)18-11-13-19(24)14-12-18/h6-14,17H,4-5,15-16H2,1-3H3,(H,28,29). The van der Waals surface area contributed by atoms with Gasteiger partial charge in [-0.25, -0.2) is 0 Å². The largest absolute Gasteiger partial charge is 0.481 e. The summed E-state index contributed by atoms with van der Waals surface area (Å²) in [4.78, 5) is 14.3. The normalized spacial score (nSPS) is 20.0. The zero-order valence-electron chi connectivity index (χ0n) is 17.2. The van der Waals surface area contributed by atoms with E-state index in [1.807, 2.05) is 59.6 Å². The third kappa shape index (κ3) is 4.31. The highest BCUT2D eigenvalue weighted by atomic mass is 35.5. The van der Waals surface area contributed by atoms with Gasteiger partial charge in [0.1, 0.15) is 0 Å². The fourth-order valence-corrected chi connectivity index (χ4v) is 4.43. The summed E-state index contributed by atoms with van der Waals surface area (Å²) in [6.07, 6.45) is 0.00938. The quantitative estimate of drug-likeness (QED) is 0.678. The lowest BCUT2D eigenvalue weighted by atomic mass is 9.71. The van der Waals surface area contributed by atoms with Crippen LogP contribution in [0.2, 0.25) is 5.02 Å². The lowest BCUT2D eigenvalue weighted by Gasteiger charge is -2.41. The lowest BCUT2D eigenvalue weighted by Crippen LogP contribution is -2.53. The molecule has 1 aliphatic heterocycles. The van der Waals surface area contributed by atoms with Crippen molar-refractivity contribution in [3.63, 3.8) is 0 Å². The van der Waals surface area contributed by atoms with Gasteiger partial charge in [-0.15, -0.1) is 0 Å². The van der Waals surface area contributed by atoms with Gasteiger partial charge >= 0.3 is 5.97 Å². The van der Waals surface area contributed by atoms with Crippen molar-refractivity contribution in [2.24, 2.45) is 10.5 Å². The van der Waals surface area contributed by atoms with Crippen molar-refractivity contribution in [1.82, 2.24) is 4.90 Å². The van der Waals surface area contributed by atoms with E-state index in [4.69, 9.17) is 16.7 Å². The Morgan fingerprint density at radius 1 is 1.17 bits per heavy atom. The molecule has 0 radical (unpaired) electrons. The monoisotopic (exact) mass is 413 g/mol. The first-order valence-electron chi connectivity index (χ1n) is 10.0. The zero-order valence-corrected chi connectivity index (χ0v) is 17.9. The minimum Gasteiger partial charge on any atom is -0.481 e. The maximum Gasteiger partial charge on any atom is 0.304 e. The van der Waals surface area contributed by atoms with Crippen LogP contribution >= 0.6 is 11.6 Å². The minimum absolute atomic E-state index is 0.00302. The van der Waals surface area contributed by atoms with Crippen molar-refractivity contribution in [2.75, 3.05) is 24.6 Å². The van der Waals surface area contributed by atoms with Crippen LogP contribution in [0.5, 0.6) is 0 Å². The van der Waals surface area contributed by atoms with Crippen LogP contribution in [-0.4, -0.2) is 47.4 Å². The summed E-state index contributed by atoms with van der Waals surface area (Å²) in [6.45, 7) is 8.54. The van der Waals surface area contributed by atoms with E-state index in [0.717, 1.165) is 30.1 Å². The number of para-hydroxylation sites is 1. The number of hydrogen-bond donors (Lipinski definition) is 1. The van der Waals surface area contributed by atoms with Gasteiger partial charge in [0.15, 0.2) is 0 Å². The van der Waals surface area contributed by atoms with E-state index in [1.54, 1.807) is 0 Å². The molecule has 2 aromatic carbocycles. The number of hydrazone groups is 1. The topological polar surface area (TPSA) is 56.1 Å². The van der Waals surface area contributed by atoms with Gasteiger partial charge in [-0.1, -0.05) is 55.8 Å². The molecular weight excluding hydrogens is 386 g/mol. The molecule has 0 saturated carbocycles. The molecule has 2 aromatic rings. The minimum atomic E-state index is -0.819. The molecule has 0 aromatic heterocycles. The molecule has 1 aliphatic rings. The van der Waals surface area contributed by atoms with Gasteiger partial charge in [0.05, 0.1) is 29.8 Å². The predicted octanol–water partition coefficient (Wildman–Crippen LogP) is 4.76. The van der Waals surface area contributed by atoms with E-state index >= 15 is 0 Å². The molecule has 0 saturated heterocycles. The third-order valence-electron chi connectivity index (χ3n) is 5.92. The Kier molecular flexibility index (Phi) is 6.60. The van der Waals surface area contributed by atoms with Gasteiger partial charge in [0.2, 0.25) is 0 Å². The van der Waals surface area contributed by atoms with E-state index in [2.05, 4.69) is 25.7 Å². The number of nitrogens with zero attached hydrogens (tertiary/aromatic N) is 3. The van der Waals surface area contributed by atoms with Crippen LogP contribution in [0.15, 0.2) is 59.7 Å². The molecule has 1 N–H and O–H groups in total. The van der Waals surface area contributed by atoms with Crippen molar-refractivity contribution in [3.05, 3.63) is 65.2 Å². The Morgan fingerprint density at radius 3 is 2.34 bits per heavy atom. The predicted molar refractivity (Wildman–Crippen MR) is 119 cm³/mol. The second-order valence-electron chi connectivity index (χ2n) is 7.47. The maximum atomic E-state index is 12.0. The van der Waals surface area contributed by atoms with E-state index in [1.165, 1.54) is 0 Å². The number of carbonyl (C=O) groups is 1. The van der Waals surface area contributed by atoms with Gasteiger partial charge in [-0.3, -0.25) is 9.80 Å². The Balaban J connectivity index is 2.15. The van der Waals surface area contributed by atoms with Gasteiger partial charge in [-0.05, 0) is 49.8 Å². The molecule has 0 amide bonds. The van der Waals surface area contributed by atoms with Gasteiger partial charge < -0.3 is 10.0 Å². The number of rotatable bonds is 8.